The Labute approximate surface area is 220 Å². The summed E-state index contributed by atoms with van der Waals surface area (Å²) in [4.78, 5) is 12.7. The number of nitriles is 1. The monoisotopic (exact) mass is 508 g/mol. The zero-order valence-corrected chi connectivity index (χ0v) is 20.7. The van der Waals surface area contributed by atoms with E-state index in [-0.39, 0.29) is 18.0 Å². The van der Waals surface area contributed by atoms with Crippen LogP contribution in [0.2, 0.25) is 0 Å². The smallest absolute Gasteiger partial charge is 0.266 e. The van der Waals surface area contributed by atoms with Crippen LogP contribution in [0.3, 0.4) is 0 Å². The van der Waals surface area contributed by atoms with E-state index in [1.165, 1.54) is 25.3 Å². The van der Waals surface area contributed by atoms with Gasteiger partial charge in [-0.15, -0.1) is 0 Å². The molecule has 0 bridgehead atoms. The van der Waals surface area contributed by atoms with Crippen LogP contribution in [-0.4, -0.2) is 13.0 Å². The Morgan fingerprint density at radius 1 is 0.868 bits per heavy atom. The molecule has 0 saturated carbocycles. The molecule has 7 heteroatoms. The Kier molecular flexibility index (Phi) is 8.72. The fourth-order valence-electron chi connectivity index (χ4n) is 3.57. The van der Waals surface area contributed by atoms with Crippen molar-refractivity contribution in [2.24, 2.45) is 0 Å². The Morgan fingerprint density at radius 3 is 2.32 bits per heavy atom. The number of nitrogens with one attached hydrogen (secondary N) is 1. The van der Waals surface area contributed by atoms with Crippen LogP contribution in [0.25, 0.3) is 6.08 Å². The lowest BCUT2D eigenvalue weighted by Gasteiger charge is -2.12. The average molecular weight is 509 g/mol. The number of anilines is 1. The third-order valence-electron chi connectivity index (χ3n) is 5.51. The number of amides is 1. The van der Waals surface area contributed by atoms with Gasteiger partial charge in [0.25, 0.3) is 5.91 Å². The Balaban J connectivity index is 1.38. The van der Waals surface area contributed by atoms with Crippen molar-refractivity contribution in [3.63, 3.8) is 0 Å². The molecule has 190 valence electrons. The standard InChI is InChI=1S/C31H25FN2O4/c1-36-30-18-23(10-15-29(30)38-21-24-8-5-9-26(32)17-24)16-25(19-33)31(35)34-27-11-13-28(14-12-27)37-20-22-6-3-2-4-7-22/h2-18H,20-21H2,1H3,(H,34,35)/b25-16+. The summed E-state index contributed by atoms with van der Waals surface area (Å²) in [6.45, 7) is 0.594. The predicted octanol–water partition coefficient (Wildman–Crippen LogP) is 6.54. The van der Waals surface area contributed by atoms with Gasteiger partial charge in [0.05, 0.1) is 7.11 Å². The quantitative estimate of drug-likeness (QED) is 0.194. The summed E-state index contributed by atoms with van der Waals surface area (Å²) in [6.07, 6.45) is 1.46. The molecule has 0 aromatic heterocycles. The lowest BCUT2D eigenvalue weighted by Crippen LogP contribution is -2.13. The highest BCUT2D eigenvalue weighted by molar-refractivity contribution is 6.09. The van der Waals surface area contributed by atoms with E-state index in [1.54, 1.807) is 54.6 Å². The second-order valence-corrected chi connectivity index (χ2v) is 8.25. The molecule has 6 nitrogen and oxygen atoms in total. The first-order valence-electron chi connectivity index (χ1n) is 11.8. The minimum atomic E-state index is -0.546. The minimum Gasteiger partial charge on any atom is -0.493 e. The molecule has 0 atom stereocenters. The number of carbonyl (C=O) groups is 1. The largest absolute Gasteiger partial charge is 0.493 e. The van der Waals surface area contributed by atoms with Crippen LogP contribution in [0.5, 0.6) is 17.2 Å². The highest BCUT2D eigenvalue weighted by Crippen LogP contribution is 2.30. The number of rotatable bonds is 10. The Morgan fingerprint density at radius 2 is 1.61 bits per heavy atom. The highest BCUT2D eigenvalue weighted by atomic mass is 19.1. The first-order chi connectivity index (χ1) is 18.5. The first kappa shape index (κ1) is 26.0. The van der Waals surface area contributed by atoms with Gasteiger partial charge in [0, 0.05) is 5.69 Å². The number of benzene rings is 4. The molecule has 0 unspecified atom stereocenters. The van der Waals surface area contributed by atoms with Gasteiger partial charge in [-0.1, -0.05) is 48.5 Å². The number of carbonyl (C=O) groups excluding carboxylic acids is 1. The number of methoxy groups -OCH3 is 1. The maximum absolute atomic E-state index is 13.4. The molecule has 4 aromatic rings. The van der Waals surface area contributed by atoms with Gasteiger partial charge in [0.15, 0.2) is 11.5 Å². The molecular weight excluding hydrogens is 483 g/mol. The van der Waals surface area contributed by atoms with E-state index in [1.807, 2.05) is 36.4 Å². The molecule has 1 amide bonds. The maximum Gasteiger partial charge on any atom is 0.266 e. The normalized spacial score (nSPS) is 10.8. The molecule has 4 aromatic carbocycles. The average Bonchev–Trinajstić information content (AvgIpc) is 2.95. The van der Waals surface area contributed by atoms with Gasteiger partial charge in [-0.3, -0.25) is 4.79 Å². The SMILES string of the molecule is COc1cc(/C=C(\C#N)C(=O)Nc2ccc(OCc3ccccc3)cc2)ccc1OCc1cccc(F)c1. The minimum absolute atomic E-state index is 0.0788. The van der Waals surface area contributed by atoms with Crippen LogP contribution in [-0.2, 0) is 18.0 Å². The van der Waals surface area contributed by atoms with Gasteiger partial charge < -0.3 is 19.5 Å². The van der Waals surface area contributed by atoms with E-state index < -0.39 is 5.91 Å². The van der Waals surface area contributed by atoms with E-state index in [0.717, 1.165) is 5.56 Å². The molecule has 0 aliphatic carbocycles. The van der Waals surface area contributed by atoms with Gasteiger partial charge in [0.1, 0.15) is 36.4 Å². The summed E-state index contributed by atoms with van der Waals surface area (Å²) in [6, 6.07) is 29.8. The van der Waals surface area contributed by atoms with Crippen LogP contribution < -0.4 is 19.5 Å². The molecule has 38 heavy (non-hydrogen) atoms. The summed E-state index contributed by atoms with van der Waals surface area (Å²) >= 11 is 0. The van der Waals surface area contributed by atoms with Crippen LogP contribution in [0.4, 0.5) is 10.1 Å². The van der Waals surface area contributed by atoms with Gasteiger partial charge in [-0.05, 0) is 71.3 Å². The molecule has 0 saturated heterocycles. The van der Waals surface area contributed by atoms with E-state index in [9.17, 15) is 14.4 Å². The molecule has 4 rings (SSSR count). The first-order valence-corrected chi connectivity index (χ1v) is 11.8. The van der Waals surface area contributed by atoms with Crippen molar-refractivity contribution in [3.05, 3.63) is 125 Å². The van der Waals surface area contributed by atoms with Crippen LogP contribution in [0, 0.1) is 17.1 Å². The second kappa shape index (κ2) is 12.7. The molecule has 1 N–H and O–H groups in total. The van der Waals surface area contributed by atoms with E-state index in [0.29, 0.717) is 40.7 Å². The summed E-state index contributed by atoms with van der Waals surface area (Å²) in [5.41, 5.74) is 2.76. The molecular formula is C31H25FN2O4. The summed E-state index contributed by atoms with van der Waals surface area (Å²) < 4.78 is 30.3. The maximum atomic E-state index is 13.4. The summed E-state index contributed by atoms with van der Waals surface area (Å²) in [5.74, 6) is 0.643. The Bertz CT molecular complexity index is 1460. The number of hydrogen-bond acceptors (Lipinski definition) is 5. The molecule has 0 heterocycles. The summed E-state index contributed by atoms with van der Waals surface area (Å²) in [5, 5.41) is 12.3. The molecule has 0 radical (unpaired) electrons. The molecule has 0 aliphatic rings. The lowest BCUT2D eigenvalue weighted by atomic mass is 10.1. The van der Waals surface area contributed by atoms with E-state index >= 15 is 0 Å². The number of ether oxygens (including phenoxy) is 3. The fraction of sp³-hybridized carbons (Fsp3) is 0.0968. The lowest BCUT2D eigenvalue weighted by molar-refractivity contribution is -0.112. The fourth-order valence-corrected chi connectivity index (χ4v) is 3.57. The van der Waals surface area contributed by atoms with Gasteiger partial charge in [-0.2, -0.15) is 5.26 Å². The van der Waals surface area contributed by atoms with Crippen molar-refractivity contribution in [3.8, 4) is 23.3 Å². The van der Waals surface area contributed by atoms with Crippen molar-refractivity contribution in [2.45, 2.75) is 13.2 Å². The number of halogens is 1. The summed E-state index contributed by atoms with van der Waals surface area (Å²) in [7, 11) is 1.49. The topological polar surface area (TPSA) is 80.6 Å². The van der Waals surface area contributed by atoms with Crippen LogP contribution in [0.1, 0.15) is 16.7 Å². The molecule has 0 spiro atoms. The zero-order chi connectivity index (χ0) is 26.7. The van der Waals surface area contributed by atoms with Crippen LogP contribution >= 0.6 is 0 Å². The number of hydrogen-bond donors (Lipinski definition) is 1. The zero-order valence-electron chi connectivity index (χ0n) is 20.7. The van der Waals surface area contributed by atoms with Crippen molar-refractivity contribution in [2.75, 3.05) is 12.4 Å². The van der Waals surface area contributed by atoms with Gasteiger partial charge in [0.2, 0.25) is 0 Å². The molecule has 0 fully saturated rings. The molecule has 0 aliphatic heterocycles. The van der Waals surface area contributed by atoms with Gasteiger partial charge in [-0.25, -0.2) is 4.39 Å². The van der Waals surface area contributed by atoms with Crippen molar-refractivity contribution in [1.82, 2.24) is 0 Å². The third-order valence-corrected chi connectivity index (χ3v) is 5.51. The van der Waals surface area contributed by atoms with Crippen molar-refractivity contribution >= 4 is 17.7 Å². The second-order valence-electron chi connectivity index (χ2n) is 8.25. The van der Waals surface area contributed by atoms with Gasteiger partial charge >= 0.3 is 0 Å². The van der Waals surface area contributed by atoms with Crippen molar-refractivity contribution < 1.29 is 23.4 Å². The van der Waals surface area contributed by atoms with Crippen LogP contribution in [0.15, 0.2) is 103 Å². The third kappa shape index (κ3) is 7.21. The predicted molar refractivity (Wildman–Crippen MR) is 143 cm³/mol. The van der Waals surface area contributed by atoms with E-state index in [4.69, 9.17) is 14.2 Å². The van der Waals surface area contributed by atoms with E-state index in [2.05, 4.69) is 5.32 Å². The number of nitrogens with zero attached hydrogens (tertiary/aromatic N) is 1. The highest BCUT2D eigenvalue weighted by Gasteiger charge is 2.12. The Hall–Kier alpha value is -5.09. The van der Waals surface area contributed by atoms with Crippen molar-refractivity contribution in [1.29, 1.82) is 5.26 Å².